The Kier molecular flexibility index (Phi) is 5.71. The lowest BCUT2D eigenvalue weighted by Gasteiger charge is -2.38. The molecule has 2 saturated heterocycles. The first-order chi connectivity index (χ1) is 14.9. The molecule has 4 N–H and O–H groups in total. The zero-order valence-corrected chi connectivity index (χ0v) is 17.6. The molecule has 164 valence electrons. The lowest BCUT2D eigenvalue weighted by atomic mass is 9.84. The molecular formula is C22H26N4O5. The minimum atomic E-state index is -1.23. The Hall–Kier alpha value is -3.30. The molecule has 0 spiro atoms. The fourth-order valence-corrected chi connectivity index (χ4v) is 4.16. The standard InChI is InChI=1S/C22H26N4O5/c1-12-5-4-6-14(9-12)26-20-15(11-23-26)19(27)18(22(29)25-20)21(28)24-13-7-8-16(30-2)17(10-13)31-3/h4-10,15,18-20,23,27H,11H2,1-3H3,(H,24,28)(H,25,29). The summed E-state index contributed by atoms with van der Waals surface area (Å²) < 4.78 is 10.4. The Bertz CT molecular complexity index is 998. The molecular weight excluding hydrogens is 400 g/mol. The van der Waals surface area contributed by atoms with Gasteiger partial charge in [-0.2, -0.15) is 0 Å². The number of benzene rings is 2. The molecule has 4 atom stereocenters. The van der Waals surface area contributed by atoms with Gasteiger partial charge >= 0.3 is 0 Å². The quantitative estimate of drug-likeness (QED) is 0.528. The van der Waals surface area contributed by atoms with Gasteiger partial charge in [0, 0.05) is 24.2 Å². The highest BCUT2D eigenvalue weighted by Crippen LogP contribution is 2.33. The third-order valence-electron chi connectivity index (χ3n) is 5.75. The summed E-state index contributed by atoms with van der Waals surface area (Å²) in [6, 6.07) is 12.7. The van der Waals surface area contributed by atoms with Gasteiger partial charge in [0.2, 0.25) is 11.8 Å². The molecule has 2 aromatic carbocycles. The van der Waals surface area contributed by atoms with E-state index in [2.05, 4.69) is 16.1 Å². The van der Waals surface area contributed by atoms with Crippen molar-refractivity contribution in [3.05, 3.63) is 48.0 Å². The fourth-order valence-electron chi connectivity index (χ4n) is 4.16. The highest BCUT2D eigenvalue weighted by molar-refractivity contribution is 6.07. The number of anilines is 2. The van der Waals surface area contributed by atoms with Gasteiger partial charge in [0.1, 0.15) is 12.1 Å². The lowest BCUT2D eigenvalue weighted by molar-refractivity contribution is -0.143. The summed E-state index contributed by atoms with van der Waals surface area (Å²) in [6.45, 7) is 2.42. The Balaban J connectivity index is 1.50. The number of methoxy groups -OCH3 is 2. The van der Waals surface area contributed by atoms with E-state index in [0.717, 1.165) is 11.3 Å². The molecule has 0 aromatic heterocycles. The van der Waals surface area contributed by atoms with E-state index in [1.807, 2.05) is 36.2 Å². The Morgan fingerprint density at radius 2 is 1.94 bits per heavy atom. The van der Waals surface area contributed by atoms with Crippen LogP contribution < -0.4 is 30.5 Å². The number of nitrogens with one attached hydrogen (secondary N) is 3. The summed E-state index contributed by atoms with van der Waals surface area (Å²) >= 11 is 0. The molecule has 2 aromatic rings. The van der Waals surface area contributed by atoms with Crippen LogP contribution in [-0.4, -0.2) is 50.0 Å². The van der Waals surface area contributed by atoms with Crippen LogP contribution in [0, 0.1) is 18.8 Å². The largest absolute Gasteiger partial charge is 0.493 e. The molecule has 9 heteroatoms. The summed E-state index contributed by atoms with van der Waals surface area (Å²) in [5.74, 6) is -1.71. The van der Waals surface area contributed by atoms with Gasteiger partial charge in [-0.25, -0.2) is 5.43 Å². The summed E-state index contributed by atoms with van der Waals surface area (Å²) in [5, 5.41) is 18.4. The fraction of sp³-hybridized carbons (Fsp3) is 0.364. The molecule has 4 rings (SSSR count). The smallest absolute Gasteiger partial charge is 0.239 e. The maximum Gasteiger partial charge on any atom is 0.239 e. The van der Waals surface area contributed by atoms with E-state index >= 15 is 0 Å². The van der Waals surface area contributed by atoms with Crippen LogP contribution in [0.4, 0.5) is 11.4 Å². The first kappa shape index (κ1) is 21.0. The number of aliphatic hydroxyl groups excluding tert-OH is 1. The summed E-state index contributed by atoms with van der Waals surface area (Å²) in [4.78, 5) is 25.7. The van der Waals surface area contributed by atoms with Crippen LogP contribution >= 0.6 is 0 Å². The second-order valence-corrected chi connectivity index (χ2v) is 7.72. The number of rotatable bonds is 5. The number of amides is 2. The van der Waals surface area contributed by atoms with Crippen LogP contribution in [0.1, 0.15) is 5.56 Å². The molecule has 31 heavy (non-hydrogen) atoms. The molecule has 0 saturated carbocycles. The zero-order chi connectivity index (χ0) is 22.1. The normalized spacial score (nSPS) is 24.9. The van der Waals surface area contributed by atoms with E-state index in [-0.39, 0.29) is 5.92 Å². The number of aryl methyl sites for hydroxylation is 1. The van der Waals surface area contributed by atoms with Gasteiger partial charge in [0.25, 0.3) is 0 Å². The summed E-state index contributed by atoms with van der Waals surface area (Å²) in [6.07, 6.45) is -1.59. The predicted octanol–water partition coefficient (Wildman–Crippen LogP) is 1.02. The molecule has 2 fully saturated rings. The number of hydrazine groups is 1. The number of aliphatic hydroxyl groups is 1. The highest BCUT2D eigenvalue weighted by atomic mass is 16.5. The van der Waals surface area contributed by atoms with E-state index in [1.165, 1.54) is 14.2 Å². The van der Waals surface area contributed by atoms with E-state index in [1.54, 1.807) is 18.2 Å². The molecule has 9 nitrogen and oxygen atoms in total. The SMILES string of the molecule is COc1ccc(NC(=O)C2C(=O)NC3C(CNN3c3cccc(C)c3)C2O)cc1OC. The monoisotopic (exact) mass is 426 g/mol. The van der Waals surface area contributed by atoms with E-state index in [0.29, 0.717) is 23.7 Å². The number of nitrogens with zero attached hydrogens (tertiary/aromatic N) is 1. The number of carbonyl (C=O) groups excluding carboxylic acids is 2. The third-order valence-corrected chi connectivity index (χ3v) is 5.75. The lowest BCUT2D eigenvalue weighted by Crippen LogP contribution is -2.62. The summed E-state index contributed by atoms with van der Waals surface area (Å²) in [5.41, 5.74) is 5.63. The number of carbonyl (C=O) groups is 2. The van der Waals surface area contributed by atoms with Gasteiger partial charge in [-0.05, 0) is 36.8 Å². The molecule has 2 amide bonds. The van der Waals surface area contributed by atoms with Crippen molar-refractivity contribution in [2.24, 2.45) is 11.8 Å². The van der Waals surface area contributed by atoms with Gasteiger partial charge in [-0.3, -0.25) is 14.6 Å². The molecule has 2 aliphatic rings. The van der Waals surface area contributed by atoms with Crippen molar-refractivity contribution in [3.63, 3.8) is 0 Å². The molecule has 0 bridgehead atoms. The number of ether oxygens (including phenoxy) is 2. The molecule has 2 aliphatic heterocycles. The van der Waals surface area contributed by atoms with Crippen molar-refractivity contribution in [1.82, 2.24) is 10.7 Å². The third kappa shape index (κ3) is 3.89. The Morgan fingerprint density at radius 1 is 1.16 bits per heavy atom. The average molecular weight is 426 g/mol. The van der Waals surface area contributed by atoms with Gasteiger partial charge in [0.15, 0.2) is 11.5 Å². The maximum atomic E-state index is 12.9. The molecule has 0 aliphatic carbocycles. The first-order valence-electron chi connectivity index (χ1n) is 10.0. The van der Waals surface area contributed by atoms with Gasteiger partial charge < -0.3 is 25.2 Å². The van der Waals surface area contributed by atoms with Crippen molar-refractivity contribution in [2.75, 3.05) is 31.1 Å². The van der Waals surface area contributed by atoms with Gasteiger partial charge in [0.05, 0.1) is 26.0 Å². The topological polar surface area (TPSA) is 112 Å². The van der Waals surface area contributed by atoms with Gasteiger partial charge in [-0.15, -0.1) is 0 Å². The van der Waals surface area contributed by atoms with Crippen molar-refractivity contribution in [3.8, 4) is 11.5 Å². The first-order valence-corrected chi connectivity index (χ1v) is 10.0. The minimum absolute atomic E-state index is 0.348. The molecule has 4 unspecified atom stereocenters. The molecule has 2 heterocycles. The number of piperidine rings is 1. The summed E-state index contributed by atoms with van der Waals surface area (Å²) in [7, 11) is 3.01. The number of fused-ring (bicyclic) bond motifs is 1. The van der Waals surface area contributed by atoms with Crippen molar-refractivity contribution in [1.29, 1.82) is 0 Å². The Morgan fingerprint density at radius 3 is 2.65 bits per heavy atom. The van der Waals surface area contributed by atoms with Crippen LogP contribution in [0.5, 0.6) is 11.5 Å². The molecule has 0 radical (unpaired) electrons. The van der Waals surface area contributed by atoms with Gasteiger partial charge in [-0.1, -0.05) is 12.1 Å². The minimum Gasteiger partial charge on any atom is -0.493 e. The highest BCUT2D eigenvalue weighted by Gasteiger charge is 2.51. The maximum absolute atomic E-state index is 12.9. The van der Waals surface area contributed by atoms with Crippen molar-refractivity contribution >= 4 is 23.2 Å². The number of hydrogen-bond donors (Lipinski definition) is 4. The van der Waals surface area contributed by atoms with Crippen LogP contribution in [0.25, 0.3) is 0 Å². The van der Waals surface area contributed by atoms with E-state index in [4.69, 9.17) is 9.47 Å². The number of hydrogen-bond acceptors (Lipinski definition) is 7. The van der Waals surface area contributed by atoms with Crippen molar-refractivity contribution in [2.45, 2.75) is 19.2 Å². The van der Waals surface area contributed by atoms with Crippen LogP contribution in [0.3, 0.4) is 0 Å². The van der Waals surface area contributed by atoms with E-state index < -0.39 is 30.0 Å². The Labute approximate surface area is 180 Å². The van der Waals surface area contributed by atoms with Crippen LogP contribution in [0.2, 0.25) is 0 Å². The van der Waals surface area contributed by atoms with Crippen molar-refractivity contribution < 1.29 is 24.2 Å². The second-order valence-electron chi connectivity index (χ2n) is 7.72. The zero-order valence-electron chi connectivity index (χ0n) is 17.6. The van der Waals surface area contributed by atoms with Crippen LogP contribution in [-0.2, 0) is 9.59 Å². The van der Waals surface area contributed by atoms with Crippen LogP contribution in [0.15, 0.2) is 42.5 Å². The predicted molar refractivity (Wildman–Crippen MR) is 115 cm³/mol. The second kappa shape index (κ2) is 8.44. The average Bonchev–Trinajstić information content (AvgIpc) is 3.17. The van der Waals surface area contributed by atoms with E-state index in [9.17, 15) is 14.7 Å².